The molecule has 0 amide bonds. The SMILES string of the molecule is COc1ccc2c(c1)CCC1C2[C@@H](O)C[C@]2(C)C(C(C)O)CCC12. The van der Waals surface area contributed by atoms with Crippen molar-refractivity contribution in [3.05, 3.63) is 29.3 Å². The molecule has 0 saturated heterocycles. The zero-order chi connectivity index (χ0) is 17.1. The van der Waals surface area contributed by atoms with Gasteiger partial charge in [0.25, 0.3) is 0 Å². The van der Waals surface area contributed by atoms with Gasteiger partial charge in [-0.3, -0.25) is 0 Å². The van der Waals surface area contributed by atoms with Crippen LogP contribution in [0.1, 0.15) is 56.6 Å². The third-order valence-electron chi connectivity index (χ3n) is 7.56. The van der Waals surface area contributed by atoms with Crippen LogP contribution in [-0.2, 0) is 6.42 Å². The van der Waals surface area contributed by atoms with Crippen molar-refractivity contribution < 1.29 is 14.9 Å². The van der Waals surface area contributed by atoms with Crippen molar-refractivity contribution in [3.63, 3.8) is 0 Å². The molecule has 132 valence electrons. The molecule has 3 nitrogen and oxygen atoms in total. The van der Waals surface area contributed by atoms with Crippen LogP contribution in [0.4, 0.5) is 0 Å². The largest absolute Gasteiger partial charge is 0.497 e. The molecule has 0 aromatic heterocycles. The number of ether oxygens (including phenoxy) is 1. The van der Waals surface area contributed by atoms with Crippen LogP contribution in [0, 0.1) is 23.2 Å². The van der Waals surface area contributed by atoms with E-state index >= 15 is 0 Å². The minimum atomic E-state index is -0.303. The number of hydrogen-bond donors (Lipinski definition) is 2. The summed E-state index contributed by atoms with van der Waals surface area (Å²) in [6.45, 7) is 4.25. The number of fused-ring (bicyclic) bond motifs is 5. The molecule has 3 heteroatoms. The molecule has 2 fully saturated rings. The molecule has 4 rings (SSSR count). The van der Waals surface area contributed by atoms with Crippen LogP contribution < -0.4 is 4.74 Å². The van der Waals surface area contributed by atoms with Gasteiger partial charge in [0.2, 0.25) is 0 Å². The van der Waals surface area contributed by atoms with Crippen molar-refractivity contribution in [2.24, 2.45) is 23.2 Å². The Kier molecular flexibility index (Phi) is 3.92. The first-order valence-electron chi connectivity index (χ1n) is 9.48. The summed E-state index contributed by atoms with van der Waals surface area (Å²) >= 11 is 0. The van der Waals surface area contributed by atoms with E-state index in [4.69, 9.17) is 4.74 Å². The molecule has 0 aliphatic heterocycles. The molecule has 0 radical (unpaired) electrons. The first-order chi connectivity index (χ1) is 11.5. The van der Waals surface area contributed by atoms with Crippen LogP contribution in [0.15, 0.2) is 18.2 Å². The zero-order valence-corrected chi connectivity index (χ0v) is 15.0. The van der Waals surface area contributed by atoms with Crippen LogP contribution in [0.3, 0.4) is 0 Å². The summed E-state index contributed by atoms with van der Waals surface area (Å²) in [5.74, 6) is 2.67. The van der Waals surface area contributed by atoms with Gasteiger partial charge in [0.05, 0.1) is 19.3 Å². The lowest BCUT2D eigenvalue weighted by molar-refractivity contribution is -0.0754. The van der Waals surface area contributed by atoms with Gasteiger partial charge in [-0.1, -0.05) is 13.0 Å². The minimum absolute atomic E-state index is 0.0821. The van der Waals surface area contributed by atoms with Gasteiger partial charge in [-0.25, -0.2) is 0 Å². The molecule has 0 bridgehead atoms. The van der Waals surface area contributed by atoms with E-state index < -0.39 is 0 Å². The van der Waals surface area contributed by atoms with E-state index in [9.17, 15) is 10.2 Å². The molecule has 0 heterocycles. The predicted molar refractivity (Wildman–Crippen MR) is 94.2 cm³/mol. The lowest BCUT2D eigenvalue weighted by Crippen LogP contribution is -2.50. The third kappa shape index (κ3) is 2.24. The number of aliphatic hydroxyl groups is 2. The summed E-state index contributed by atoms with van der Waals surface area (Å²) in [4.78, 5) is 0. The average molecular weight is 330 g/mol. The predicted octanol–water partition coefficient (Wildman–Crippen LogP) is 3.52. The van der Waals surface area contributed by atoms with E-state index in [1.807, 2.05) is 13.0 Å². The molecule has 3 aliphatic carbocycles. The second-order valence-electron chi connectivity index (χ2n) is 8.60. The fourth-order valence-corrected chi connectivity index (χ4v) is 6.60. The summed E-state index contributed by atoms with van der Waals surface area (Å²) in [7, 11) is 1.71. The van der Waals surface area contributed by atoms with E-state index in [1.54, 1.807) is 7.11 Å². The minimum Gasteiger partial charge on any atom is -0.497 e. The molecule has 0 spiro atoms. The molecule has 3 aliphatic rings. The molecule has 7 atom stereocenters. The van der Waals surface area contributed by atoms with E-state index in [1.165, 1.54) is 17.5 Å². The first kappa shape index (κ1) is 16.4. The summed E-state index contributed by atoms with van der Waals surface area (Å²) in [6.07, 6.45) is 4.77. The van der Waals surface area contributed by atoms with E-state index in [-0.39, 0.29) is 23.5 Å². The van der Waals surface area contributed by atoms with Crippen LogP contribution in [0.25, 0.3) is 0 Å². The summed E-state index contributed by atoms with van der Waals surface area (Å²) < 4.78 is 5.38. The Morgan fingerprint density at radius 2 is 2.04 bits per heavy atom. The van der Waals surface area contributed by atoms with Gasteiger partial charge in [0.1, 0.15) is 5.75 Å². The van der Waals surface area contributed by atoms with E-state index in [2.05, 4.69) is 19.1 Å². The molecule has 24 heavy (non-hydrogen) atoms. The van der Waals surface area contributed by atoms with Gasteiger partial charge in [-0.05, 0) is 85.5 Å². The van der Waals surface area contributed by atoms with Gasteiger partial charge in [0, 0.05) is 5.92 Å². The molecule has 5 unspecified atom stereocenters. The number of methoxy groups -OCH3 is 1. The smallest absolute Gasteiger partial charge is 0.119 e. The molecule has 1 aromatic carbocycles. The fourth-order valence-electron chi connectivity index (χ4n) is 6.60. The van der Waals surface area contributed by atoms with E-state index in [0.29, 0.717) is 17.8 Å². The Balaban J connectivity index is 1.70. The van der Waals surface area contributed by atoms with Gasteiger partial charge in [-0.15, -0.1) is 0 Å². The number of hydrogen-bond acceptors (Lipinski definition) is 3. The maximum Gasteiger partial charge on any atom is 0.119 e. The average Bonchev–Trinajstić information content (AvgIpc) is 2.90. The fraction of sp³-hybridized carbons (Fsp3) is 0.714. The van der Waals surface area contributed by atoms with Crippen LogP contribution in [-0.4, -0.2) is 29.5 Å². The van der Waals surface area contributed by atoms with Crippen molar-refractivity contribution in [1.29, 1.82) is 0 Å². The Morgan fingerprint density at radius 1 is 1.25 bits per heavy atom. The first-order valence-corrected chi connectivity index (χ1v) is 9.48. The number of aryl methyl sites for hydroxylation is 1. The third-order valence-corrected chi connectivity index (χ3v) is 7.56. The van der Waals surface area contributed by atoms with Gasteiger partial charge >= 0.3 is 0 Å². The quantitative estimate of drug-likeness (QED) is 0.872. The Morgan fingerprint density at radius 3 is 2.75 bits per heavy atom. The van der Waals surface area contributed by atoms with Gasteiger partial charge < -0.3 is 14.9 Å². The maximum absolute atomic E-state index is 11.1. The normalized spacial score (nSPS) is 42.0. The highest BCUT2D eigenvalue weighted by molar-refractivity contribution is 5.41. The van der Waals surface area contributed by atoms with Gasteiger partial charge in [-0.2, -0.15) is 0 Å². The van der Waals surface area contributed by atoms with Crippen LogP contribution in [0.5, 0.6) is 5.75 Å². The monoisotopic (exact) mass is 330 g/mol. The maximum atomic E-state index is 11.1. The number of aliphatic hydroxyl groups excluding tert-OH is 2. The zero-order valence-electron chi connectivity index (χ0n) is 15.0. The second kappa shape index (κ2) is 5.74. The van der Waals surface area contributed by atoms with Crippen molar-refractivity contribution in [3.8, 4) is 5.75 Å². The lowest BCUT2D eigenvalue weighted by atomic mass is 9.53. The summed E-state index contributed by atoms with van der Waals surface area (Å²) in [6, 6.07) is 6.37. The number of benzene rings is 1. The van der Waals surface area contributed by atoms with Gasteiger partial charge in [0.15, 0.2) is 0 Å². The van der Waals surface area contributed by atoms with Crippen molar-refractivity contribution in [2.75, 3.05) is 7.11 Å². The summed E-state index contributed by atoms with van der Waals surface area (Å²) in [5.41, 5.74) is 2.77. The molecular weight excluding hydrogens is 300 g/mol. The molecule has 2 N–H and O–H groups in total. The highest BCUT2D eigenvalue weighted by atomic mass is 16.5. The Hall–Kier alpha value is -1.06. The standard InChI is InChI=1S/C21H30O3/c1-12(22)17-8-9-18-16-6-4-13-10-14(24-3)5-7-15(13)20(16)19(23)11-21(17,18)2/h5,7,10,12,16-20,22-23H,4,6,8-9,11H2,1-3H3/t12?,16?,17?,18?,19-,20?,21+/m0/s1. The van der Waals surface area contributed by atoms with Crippen LogP contribution in [0.2, 0.25) is 0 Å². The van der Waals surface area contributed by atoms with Crippen molar-refractivity contribution in [1.82, 2.24) is 0 Å². The lowest BCUT2D eigenvalue weighted by Gasteiger charge is -2.53. The second-order valence-corrected chi connectivity index (χ2v) is 8.60. The Labute approximate surface area is 145 Å². The van der Waals surface area contributed by atoms with Crippen LogP contribution >= 0.6 is 0 Å². The number of rotatable bonds is 2. The highest BCUT2D eigenvalue weighted by Crippen LogP contribution is 2.63. The topological polar surface area (TPSA) is 49.7 Å². The van der Waals surface area contributed by atoms with Crippen molar-refractivity contribution >= 4 is 0 Å². The summed E-state index contributed by atoms with van der Waals surface area (Å²) in [5, 5.41) is 21.3. The Bertz CT molecular complexity index is 626. The molecule has 2 saturated carbocycles. The molecular formula is C21H30O3. The highest BCUT2D eigenvalue weighted by Gasteiger charge is 2.58. The van der Waals surface area contributed by atoms with E-state index in [0.717, 1.165) is 31.4 Å². The molecule has 1 aromatic rings. The van der Waals surface area contributed by atoms with Crippen molar-refractivity contribution in [2.45, 2.75) is 64.1 Å².